The molecule has 0 bridgehead atoms. The van der Waals surface area contributed by atoms with E-state index in [1.165, 1.54) is 32.6 Å². The van der Waals surface area contributed by atoms with Crippen molar-refractivity contribution in [3.8, 4) is 0 Å². The standard InChI is InChI=1S/C45H27N5O/c46-45(50-37-21-8-4-15-29(37)30-16-5-9-22-38(30)50)48-44(27-12-2-1-3-13-27)47-26-28-14-10-23-40-42(28)35-24-39-34(25-41(35)51-40)33-19-11-18-32-31-17-6-7-20-36(31)49(39)43(32)33/h1-26,46H/b46-45?,47-26+,48-44-. The molecule has 0 saturated carbocycles. The van der Waals surface area contributed by atoms with E-state index in [4.69, 9.17) is 14.4 Å². The molecule has 6 nitrogen and oxygen atoms in total. The minimum absolute atomic E-state index is 0.0933. The van der Waals surface area contributed by atoms with Crippen LogP contribution in [0.1, 0.15) is 11.1 Å². The molecule has 4 heterocycles. The number of amidine groups is 1. The van der Waals surface area contributed by atoms with Gasteiger partial charge in [0.05, 0.1) is 27.6 Å². The fourth-order valence-electron chi connectivity index (χ4n) is 8.07. The van der Waals surface area contributed by atoms with Gasteiger partial charge in [-0.15, -0.1) is 0 Å². The molecule has 0 aliphatic carbocycles. The highest BCUT2D eigenvalue weighted by Crippen LogP contribution is 2.42. The average Bonchev–Trinajstić information content (AvgIpc) is 3.91. The van der Waals surface area contributed by atoms with Crippen LogP contribution < -0.4 is 0 Å². The Morgan fingerprint density at radius 3 is 1.88 bits per heavy atom. The summed E-state index contributed by atoms with van der Waals surface area (Å²) in [6.07, 6.45) is 1.85. The minimum atomic E-state index is 0.0933. The van der Waals surface area contributed by atoms with Gasteiger partial charge in [0, 0.05) is 60.4 Å². The van der Waals surface area contributed by atoms with Crippen LogP contribution >= 0.6 is 0 Å². The predicted molar refractivity (Wildman–Crippen MR) is 212 cm³/mol. The summed E-state index contributed by atoms with van der Waals surface area (Å²) in [6.45, 7) is 0. The molecule has 6 heteroatoms. The SMILES string of the molecule is N=C(/N=C(\N=C\c1cccc2oc3cc4c5cccc6c7ccccc7n(c4cc3c12)c65)c1ccccc1)n1c2ccccc2c2ccccc21. The molecule has 0 unspecified atom stereocenters. The highest BCUT2D eigenvalue weighted by molar-refractivity contribution is 6.26. The summed E-state index contributed by atoms with van der Waals surface area (Å²) in [5.74, 6) is 0.542. The Bertz CT molecular complexity index is 3210. The number of fused-ring (bicyclic) bond motifs is 12. The van der Waals surface area contributed by atoms with Crippen LogP contribution in [0, 0.1) is 5.41 Å². The van der Waals surface area contributed by atoms with Crippen molar-refractivity contribution in [2.75, 3.05) is 0 Å². The summed E-state index contributed by atoms with van der Waals surface area (Å²) in [4.78, 5) is 9.89. The first kappa shape index (κ1) is 27.9. The van der Waals surface area contributed by atoms with Crippen LogP contribution in [-0.2, 0) is 0 Å². The van der Waals surface area contributed by atoms with Crippen molar-refractivity contribution in [2.24, 2.45) is 9.98 Å². The highest BCUT2D eigenvalue weighted by Gasteiger charge is 2.20. The first-order chi connectivity index (χ1) is 25.2. The third kappa shape index (κ3) is 3.95. The van der Waals surface area contributed by atoms with Crippen molar-refractivity contribution < 1.29 is 4.42 Å². The topological polar surface area (TPSA) is 71.1 Å². The van der Waals surface area contributed by atoms with Gasteiger partial charge in [0.1, 0.15) is 11.2 Å². The van der Waals surface area contributed by atoms with Crippen LogP contribution in [0.15, 0.2) is 166 Å². The Labute approximate surface area is 290 Å². The van der Waals surface area contributed by atoms with Crippen LogP contribution in [0.25, 0.3) is 81.8 Å². The predicted octanol–water partition coefficient (Wildman–Crippen LogP) is 11.2. The van der Waals surface area contributed by atoms with E-state index in [0.29, 0.717) is 5.84 Å². The number of nitrogens with one attached hydrogen (secondary N) is 1. The van der Waals surface area contributed by atoms with Crippen LogP contribution in [0.3, 0.4) is 0 Å². The third-order valence-corrected chi connectivity index (χ3v) is 10.2. The van der Waals surface area contributed by atoms with Crippen molar-refractivity contribution in [2.45, 2.75) is 0 Å². The van der Waals surface area contributed by atoms with Crippen molar-refractivity contribution in [1.29, 1.82) is 5.41 Å². The third-order valence-electron chi connectivity index (χ3n) is 10.2. The van der Waals surface area contributed by atoms with Gasteiger partial charge in [-0.3, -0.25) is 9.98 Å². The fraction of sp³-hybridized carbons (Fsp3) is 0. The molecule has 0 radical (unpaired) electrons. The summed E-state index contributed by atoms with van der Waals surface area (Å²) in [5.41, 5.74) is 8.81. The quantitative estimate of drug-likeness (QED) is 0.146. The average molecular weight is 654 g/mol. The Kier molecular flexibility index (Phi) is 5.72. The zero-order valence-corrected chi connectivity index (χ0v) is 27.2. The molecule has 0 amide bonds. The number of rotatable bonds is 2. The molecule has 0 fully saturated rings. The molecule has 0 spiro atoms. The van der Waals surface area contributed by atoms with Gasteiger partial charge in [-0.05, 0) is 36.4 Å². The molecule has 11 rings (SSSR count). The maximum atomic E-state index is 9.29. The molecule has 0 saturated heterocycles. The second kappa shape index (κ2) is 10.5. The molecule has 0 aliphatic rings. The lowest BCUT2D eigenvalue weighted by Gasteiger charge is -2.07. The summed E-state index contributed by atoms with van der Waals surface area (Å²) in [5, 5.41) is 18.4. The van der Waals surface area contributed by atoms with Crippen molar-refractivity contribution in [3.05, 3.63) is 163 Å². The lowest BCUT2D eigenvalue weighted by molar-refractivity contribution is 0.669. The zero-order chi connectivity index (χ0) is 33.6. The van der Waals surface area contributed by atoms with E-state index >= 15 is 0 Å². The van der Waals surface area contributed by atoms with Gasteiger partial charge in [-0.1, -0.05) is 115 Å². The largest absolute Gasteiger partial charge is 0.456 e. The first-order valence-corrected chi connectivity index (χ1v) is 17.0. The summed E-state index contributed by atoms with van der Waals surface area (Å²) in [6, 6.07) is 51.9. The van der Waals surface area contributed by atoms with Crippen molar-refractivity contribution >= 4 is 99.8 Å². The normalized spacial score (nSPS) is 12.8. The van der Waals surface area contributed by atoms with Gasteiger partial charge >= 0.3 is 0 Å². The second-order valence-corrected chi connectivity index (χ2v) is 13.0. The fourth-order valence-corrected chi connectivity index (χ4v) is 8.07. The van der Waals surface area contributed by atoms with Crippen LogP contribution in [-0.4, -0.2) is 27.0 Å². The van der Waals surface area contributed by atoms with Crippen LogP contribution in [0.4, 0.5) is 0 Å². The van der Waals surface area contributed by atoms with E-state index in [-0.39, 0.29) is 5.96 Å². The van der Waals surface area contributed by atoms with Gasteiger partial charge < -0.3 is 8.82 Å². The molecular formula is C45H27N5O. The van der Waals surface area contributed by atoms with Crippen LogP contribution in [0.5, 0.6) is 0 Å². The van der Waals surface area contributed by atoms with E-state index in [0.717, 1.165) is 60.4 Å². The summed E-state index contributed by atoms with van der Waals surface area (Å²) >= 11 is 0. The molecule has 4 aromatic heterocycles. The number of para-hydroxylation sites is 4. The Balaban J connectivity index is 1.10. The monoisotopic (exact) mass is 653 g/mol. The van der Waals surface area contributed by atoms with E-state index in [9.17, 15) is 5.41 Å². The second-order valence-electron chi connectivity index (χ2n) is 13.0. The first-order valence-electron chi connectivity index (χ1n) is 17.0. The maximum absolute atomic E-state index is 9.29. The van der Waals surface area contributed by atoms with Crippen molar-refractivity contribution in [1.82, 2.24) is 8.97 Å². The molecular weight excluding hydrogens is 627 g/mol. The Hall–Kier alpha value is -7.05. The lowest BCUT2D eigenvalue weighted by Crippen LogP contribution is -2.11. The Morgan fingerprint density at radius 1 is 0.529 bits per heavy atom. The van der Waals surface area contributed by atoms with E-state index in [1.54, 1.807) is 0 Å². The molecule has 1 N–H and O–H groups in total. The zero-order valence-electron chi connectivity index (χ0n) is 27.2. The number of hydrogen-bond donors (Lipinski definition) is 1. The van der Waals surface area contributed by atoms with Gasteiger partial charge in [-0.2, -0.15) is 4.99 Å². The lowest BCUT2D eigenvalue weighted by atomic mass is 10.0. The van der Waals surface area contributed by atoms with E-state index in [1.807, 2.05) is 89.6 Å². The number of aromatic nitrogens is 2. The maximum Gasteiger partial charge on any atom is 0.229 e. The summed E-state index contributed by atoms with van der Waals surface area (Å²) < 4.78 is 10.8. The number of hydrogen-bond acceptors (Lipinski definition) is 2. The number of aliphatic imine (C=N–C) groups is 2. The highest BCUT2D eigenvalue weighted by atomic mass is 16.3. The van der Waals surface area contributed by atoms with Crippen molar-refractivity contribution in [3.63, 3.8) is 0 Å². The number of furan rings is 1. The van der Waals surface area contributed by atoms with E-state index < -0.39 is 0 Å². The minimum Gasteiger partial charge on any atom is -0.456 e. The molecule has 238 valence electrons. The Morgan fingerprint density at radius 2 is 1.14 bits per heavy atom. The van der Waals surface area contributed by atoms with Crippen LogP contribution in [0.2, 0.25) is 0 Å². The van der Waals surface area contributed by atoms with Gasteiger partial charge in [0.2, 0.25) is 5.96 Å². The van der Waals surface area contributed by atoms with Gasteiger partial charge in [0.25, 0.3) is 0 Å². The number of benzene rings is 7. The summed E-state index contributed by atoms with van der Waals surface area (Å²) in [7, 11) is 0. The van der Waals surface area contributed by atoms with E-state index in [2.05, 4.69) is 77.2 Å². The molecule has 0 atom stereocenters. The molecule has 7 aromatic carbocycles. The molecule has 11 aromatic rings. The smallest absolute Gasteiger partial charge is 0.229 e. The molecule has 51 heavy (non-hydrogen) atoms. The van der Waals surface area contributed by atoms with Gasteiger partial charge in [-0.25, -0.2) is 4.99 Å². The number of nitrogens with zero attached hydrogens (tertiary/aromatic N) is 4. The molecule has 0 aliphatic heterocycles. The van der Waals surface area contributed by atoms with Gasteiger partial charge in [0.15, 0.2) is 5.84 Å².